The maximum Gasteiger partial charge on any atom is 0.322 e. The highest BCUT2D eigenvalue weighted by Gasteiger charge is 2.15. The number of unbranched alkanes of at least 4 members (excludes halogenated alkanes) is 1. The molecule has 0 saturated heterocycles. The predicted octanol–water partition coefficient (Wildman–Crippen LogP) is 2.18. The van der Waals surface area contributed by atoms with Gasteiger partial charge in [0.1, 0.15) is 0 Å². The third-order valence-corrected chi connectivity index (χ3v) is 2.45. The van der Waals surface area contributed by atoms with Crippen LogP contribution in [0.25, 0.3) is 0 Å². The van der Waals surface area contributed by atoms with Crippen molar-refractivity contribution in [1.82, 2.24) is 0 Å². The molecule has 1 atom stereocenters. The molecular formula is C7H17O3PS. The Morgan fingerprint density at radius 1 is 1.42 bits per heavy atom. The van der Waals surface area contributed by atoms with Crippen LogP contribution in [-0.4, -0.2) is 15.9 Å². The van der Waals surface area contributed by atoms with Crippen LogP contribution < -0.4 is 0 Å². The summed E-state index contributed by atoms with van der Waals surface area (Å²) in [6, 6.07) is 0. The maximum absolute atomic E-state index is 8.88. The highest BCUT2D eigenvalue weighted by Crippen LogP contribution is 2.39. The molecular weight excluding hydrogens is 195 g/mol. The maximum atomic E-state index is 8.88. The largest absolute Gasteiger partial charge is 0.325 e. The summed E-state index contributed by atoms with van der Waals surface area (Å²) in [5.74, 6) is 0. The standard InChI is InChI=1S/C7H17O3PS/c1-3-5-6-7(4-2)10-11(8,9)12/h7H,3-6H2,1-2H3,(H2,8,9,12). The van der Waals surface area contributed by atoms with Crippen LogP contribution in [0.5, 0.6) is 0 Å². The highest BCUT2D eigenvalue weighted by molar-refractivity contribution is 8.06. The Morgan fingerprint density at radius 3 is 2.33 bits per heavy atom. The van der Waals surface area contributed by atoms with Gasteiger partial charge >= 0.3 is 6.72 Å². The van der Waals surface area contributed by atoms with E-state index in [4.69, 9.17) is 14.3 Å². The molecule has 0 heterocycles. The van der Waals surface area contributed by atoms with Gasteiger partial charge in [0.15, 0.2) is 0 Å². The van der Waals surface area contributed by atoms with Gasteiger partial charge in [0.05, 0.1) is 6.10 Å². The van der Waals surface area contributed by atoms with Gasteiger partial charge in [0.2, 0.25) is 0 Å². The van der Waals surface area contributed by atoms with Crippen LogP contribution >= 0.6 is 6.72 Å². The van der Waals surface area contributed by atoms with Crippen molar-refractivity contribution >= 4 is 18.5 Å². The molecule has 0 amide bonds. The highest BCUT2D eigenvalue weighted by atomic mass is 32.5. The molecule has 0 aromatic rings. The molecule has 0 aliphatic carbocycles. The predicted molar refractivity (Wildman–Crippen MR) is 53.4 cm³/mol. The summed E-state index contributed by atoms with van der Waals surface area (Å²) in [7, 11) is 0. The molecule has 3 nitrogen and oxygen atoms in total. The van der Waals surface area contributed by atoms with E-state index in [1.54, 1.807) is 0 Å². The third kappa shape index (κ3) is 7.19. The van der Waals surface area contributed by atoms with Gasteiger partial charge in [0.25, 0.3) is 0 Å². The molecule has 0 aliphatic rings. The Balaban J connectivity index is 3.75. The molecule has 12 heavy (non-hydrogen) atoms. The van der Waals surface area contributed by atoms with Gasteiger partial charge in [-0.25, -0.2) is 0 Å². The summed E-state index contributed by atoms with van der Waals surface area (Å²) in [4.78, 5) is 17.8. The van der Waals surface area contributed by atoms with Crippen molar-refractivity contribution in [2.45, 2.75) is 45.6 Å². The second-order valence-corrected chi connectivity index (χ2v) is 5.39. The number of hydrogen-bond acceptors (Lipinski definition) is 2. The fourth-order valence-corrected chi connectivity index (χ4v) is 1.97. The van der Waals surface area contributed by atoms with Gasteiger partial charge in [-0.2, -0.15) is 0 Å². The zero-order chi connectivity index (χ0) is 9.61. The summed E-state index contributed by atoms with van der Waals surface area (Å²) in [6.07, 6.45) is 3.66. The van der Waals surface area contributed by atoms with E-state index in [1.165, 1.54) is 0 Å². The van der Waals surface area contributed by atoms with E-state index in [-0.39, 0.29) is 6.10 Å². The Morgan fingerprint density at radius 2 is 2.00 bits per heavy atom. The summed E-state index contributed by atoms with van der Waals surface area (Å²) < 4.78 is 4.93. The minimum atomic E-state index is -3.45. The molecule has 0 aromatic heterocycles. The number of rotatable bonds is 6. The van der Waals surface area contributed by atoms with Crippen molar-refractivity contribution < 1.29 is 14.3 Å². The molecule has 0 fully saturated rings. The van der Waals surface area contributed by atoms with E-state index in [0.29, 0.717) is 0 Å². The Kier molecular flexibility index (Phi) is 6.32. The van der Waals surface area contributed by atoms with E-state index in [0.717, 1.165) is 25.7 Å². The van der Waals surface area contributed by atoms with Gasteiger partial charge in [-0.1, -0.05) is 26.7 Å². The molecule has 1 unspecified atom stereocenters. The summed E-state index contributed by atoms with van der Waals surface area (Å²) in [5.41, 5.74) is 0. The summed E-state index contributed by atoms with van der Waals surface area (Å²) in [6.45, 7) is 0.589. The lowest BCUT2D eigenvalue weighted by Gasteiger charge is -2.17. The molecule has 0 saturated carbocycles. The lowest BCUT2D eigenvalue weighted by atomic mass is 10.1. The van der Waals surface area contributed by atoms with Gasteiger partial charge in [-0.15, -0.1) is 0 Å². The topological polar surface area (TPSA) is 49.7 Å². The number of hydrogen-bond donors (Lipinski definition) is 2. The molecule has 5 heteroatoms. The average molecular weight is 212 g/mol. The first-order chi connectivity index (χ1) is 5.49. The van der Waals surface area contributed by atoms with Crippen LogP contribution in [0.1, 0.15) is 39.5 Å². The zero-order valence-corrected chi connectivity index (χ0v) is 9.27. The van der Waals surface area contributed by atoms with Crippen molar-refractivity contribution in [2.75, 3.05) is 0 Å². The smallest absolute Gasteiger partial charge is 0.322 e. The van der Waals surface area contributed by atoms with Gasteiger partial charge in [-0.3, -0.25) is 0 Å². The van der Waals surface area contributed by atoms with Gasteiger partial charge in [-0.05, 0) is 24.6 Å². The second-order valence-electron chi connectivity index (χ2n) is 2.77. The molecule has 2 N–H and O–H groups in total. The average Bonchev–Trinajstić information content (AvgIpc) is 1.95. The lowest BCUT2D eigenvalue weighted by Crippen LogP contribution is -2.09. The first-order valence-electron chi connectivity index (χ1n) is 4.23. The van der Waals surface area contributed by atoms with Crippen LogP contribution in [0.4, 0.5) is 0 Å². The van der Waals surface area contributed by atoms with Crippen molar-refractivity contribution in [2.24, 2.45) is 0 Å². The zero-order valence-electron chi connectivity index (χ0n) is 7.56. The van der Waals surface area contributed by atoms with Gasteiger partial charge in [0, 0.05) is 0 Å². The minimum Gasteiger partial charge on any atom is -0.325 e. The van der Waals surface area contributed by atoms with Crippen LogP contribution in [0.15, 0.2) is 0 Å². The Labute approximate surface area is 79.0 Å². The molecule has 0 bridgehead atoms. The third-order valence-electron chi connectivity index (χ3n) is 1.62. The van der Waals surface area contributed by atoms with Gasteiger partial charge < -0.3 is 14.3 Å². The van der Waals surface area contributed by atoms with E-state index >= 15 is 0 Å². The minimum absolute atomic E-state index is 0.0919. The molecule has 0 spiro atoms. The fraction of sp³-hybridized carbons (Fsp3) is 1.00. The van der Waals surface area contributed by atoms with Crippen LogP contribution in [0, 0.1) is 0 Å². The fourth-order valence-electron chi connectivity index (χ4n) is 0.957. The van der Waals surface area contributed by atoms with Crippen molar-refractivity contribution in [1.29, 1.82) is 0 Å². The molecule has 0 radical (unpaired) electrons. The van der Waals surface area contributed by atoms with Crippen molar-refractivity contribution in [3.63, 3.8) is 0 Å². The Hall–Kier alpha value is 0.530. The molecule has 74 valence electrons. The van der Waals surface area contributed by atoms with Crippen LogP contribution in [0.2, 0.25) is 0 Å². The normalized spacial score (nSPS) is 14.7. The first kappa shape index (κ1) is 12.5. The lowest BCUT2D eigenvalue weighted by molar-refractivity contribution is 0.154. The molecule has 0 aromatic carbocycles. The summed E-state index contributed by atoms with van der Waals surface area (Å²) >= 11 is 4.38. The molecule has 0 aliphatic heterocycles. The SMILES string of the molecule is CCCCC(CC)OP(O)(O)=S. The quantitative estimate of drug-likeness (QED) is 0.662. The summed E-state index contributed by atoms with van der Waals surface area (Å²) in [5, 5.41) is 0. The Bertz CT molecular complexity index is 157. The second kappa shape index (κ2) is 6.06. The van der Waals surface area contributed by atoms with E-state index < -0.39 is 6.72 Å². The van der Waals surface area contributed by atoms with E-state index in [2.05, 4.69) is 18.7 Å². The van der Waals surface area contributed by atoms with Crippen molar-refractivity contribution in [3.05, 3.63) is 0 Å². The van der Waals surface area contributed by atoms with E-state index in [1.807, 2.05) is 6.92 Å². The van der Waals surface area contributed by atoms with E-state index in [9.17, 15) is 0 Å². The van der Waals surface area contributed by atoms with Crippen molar-refractivity contribution in [3.8, 4) is 0 Å². The van der Waals surface area contributed by atoms with Crippen LogP contribution in [-0.2, 0) is 16.3 Å². The van der Waals surface area contributed by atoms with Crippen LogP contribution in [0.3, 0.4) is 0 Å². The first-order valence-corrected chi connectivity index (χ1v) is 6.86. The molecule has 0 rings (SSSR count). The monoisotopic (exact) mass is 212 g/mol.